The van der Waals surface area contributed by atoms with Gasteiger partial charge in [-0.2, -0.15) is 0 Å². The van der Waals surface area contributed by atoms with Gasteiger partial charge in [0.2, 0.25) is 0 Å². The highest BCUT2D eigenvalue weighted by atomic mass is 35.5. The highest BCUT2D eigenvalue weighted by Crippen LogP contribution is 2.37. The Bertz CT molecular complexity index is 336. The van der Waals surface area contributed by atoms with E-state index in [0.717, 1.165) is 17.9 Å². The molecular formula is C12H17ClFN. The molecule has 2 N–H and O–H groups in total. The van der Waals surface area contributed by atoms with Gasteiger partial charge in [-0.15, -0.1) is 12.4 Å². The van der Waals surface area contributed by atoms with Gasteiger partial charge < -0.3 is 5.73 Å². The summed E-state index contributed by atoms with van der Waals surface area (Å²) in [6, 6.07) is 5.03. The van der Waals surface area contributed by atoms with E-state index in [2.05, 4.69) is 0 Å². The van der Waals surface area contributed by atoms with Crippen LogP contribution in [0, 0.1) is 18.7 Å². The zero-order valence-corrected chi connectivity index (χ0v) is 9.69. The lowest BCUT2D eigenvalue weighted by Crippen LogP contribution is -2.13. The molecule has 84 valence electrons. The van der Waals surface area contributed by atoms with Crippen LogP contribution in [-0.2, 0) is 0 Å². The van der Waals surface area contributed by atoms with E-state index in [1.807, 2.05) is 13.0 Å². The summed E-state index contributed by atoms with van der Waals surface area (Å²) in [4.78, 5) is 0. The number of aryl methyl sites for hydroxylation is 1. The first-order valence-corrected chi connectivity index (χ1v) is 5.18. The topological polar surface area (TPSA) is 26.0 Å². The second kappa shape index (κ2) is 4.95. The third-order valence-corrected chi connectivity index (χ3v) is 2.84. The number of benzene rings is 1. The Morgan fingerprint density at radius 3 is 2.73 bits per heavy atom. The maximum atomic E-state index is 13.4. The quantitative estimate of drug-likeness (QED) is 0.845. The van der Waals surface area contributed by atoms with Crippen LogP contribution in [0.4, 0.5) is 4.39 Å². The molecule has 15 heavy (non-hydrogen) atoms. The van der Waals surface area contributed by atoms with Crippen LogP contribution in [0.25, 0.3) is 0 Å². The van der Waals surface area contributed by atoms with Crippen molar-refractivity contribution in [2.45, 2.75) is 32.2 Å². The summed E-state index contributed by atoms with van der Waals surface area (Å²) < 4.78 is 13.4. The van der Waals surface area contributed by atoms with Crippen molar-refractivity contribution in [1.82, 2.24) is 0 Å². The number of halogens is 2. The normalized spacial score (nSPS) is 17.0. The lowest BCUT2D eigenvalue weighted by Gasteiger charge is -2.12. The first-order valence-electron chi connectivity index (χ1n) is 5.18. The van der Waals surface area contributed by atoms with Gasteiger partial charge in [0.25, 0.3) is 0 Å². The van der Waals surface area contributed by atoms with Gasteiger partial charge in [0.05, 0.1) is 0 Å². The summed E-state index contributed by atoms with van der Waals surface area (Å²) in [5, 5.41) is 0. The number of rotatable bonds is 3. The fourth-order valence-corrected chi connectivity index (χ4v) is 1.79. The zero-order chi connectivity index (χ0) is 10.1. The summed E-state index contributed by atoms with van der Waals surface area (Å²) in [5.41, 5.74) is 7.72. The van der Waals surface area contributed by atoms with Crippen LogP contribution in [0.1, 0.15) is 36.4 Å². The van der Waals surface area contributed by atoms with Crippen LogP contribution in [0.3, 0.4) is 0 Å². The van der Waals surface area contributed by atoms with E-state index in [1.165, 1.54) is 18.9 Å². The fourth-order valence-electron chi connectivity index (χ4n) is 1.79. The minimum absolute atomic E-state index is 0. The minimum Gasteiger partial charge on any atom is -0.324 e. The van der Waals surface area contributed by atoms with Crippen molar-refractivity contribution < 1.29 is 4.39 Å². The molecule has 0 saturated heterocycles. The predicted octanol–water partition coefficient (Wildman–Crippen LogP) is 3.36. The third kappa shape index (κ3) is 3.18. The second-order valence-electron chi connectivity index (χ2n) is 4.31. The molecule has 0 aliphatic heterocycles. The molecule has 1 saturated carbocycles. The zero-order valence-electron chi connectivity index (χ0n) is 8.87. The van der Waals surface area contributed by atoms with Crippen molar-refractivity contribution in [2.24, 2.45) is 11.7 Å². The molecule has 1 aromatic rings. The van der Waals surface area contributed by atoms with Gasteiger partial charge in [-0.25, -0.2) is 4.39 Å². The van der Waals surface area contributed by atoms with E-state index in [0.29, 0.717) is 5.56 Å². The highest BCUT2D eigenvalue weighted by molar-refractivity contribution is 5.85. The lowest BCUT2D eigenvalue weighted by molar-refractivity contribution is 0.542. The van der Waals surface area contributed by atoms with E-state index in [1.54, 1.807) is 6.07 Å². The van der Waals surface area contributed by atoms with E-state index in [-0.39, 0.29) is 24.3 Å². The van der Waals surface area contributed by atoms with Gasteiger partial charge in [0.15, 0.2) is 0 Å². The summed E-state index contributed by atoms with van der Waals surface area (Å²) in [7, 11) is 0. The molecule has 0 aromatic heterocycles. The highest BCUT2D eigenvalue weighted by Gasteiger charge is 2.25. The van der Waals surface area contributed by atoms with Gasteiger partial charge in [-0.3, -0.25) is 0 Å². The molecule has 1 fully saturated rings. The average molecular weight is 230 g/mol. The Labute approximate surface area is 96.3 Å². The van der Waals surface area contributed by atoms with Crippen LogP contribution in [0.2, 0.25) is 0 Å². The molecule has 1 aliphatic carbocycles. The molecule has 2 rings (SSSR count). The Balaban J connectivity index is 0.00000112. The van der Waals surface area contributed by atoms with Crippen molar-refractivity contribution in [3.63, 3.8) is 0 Å². The summed E-state index contributed by atoms with van der Waals surface area (Å²) in [5.74, 6) is 0.577. The van der Waals surface area contributed by atoms with E-state index in [4.69, 9.17) is 5.73 Å². The average Bonchev–Trinajstić information content (AvgIpc) is 2.93. The first-order chi connectivity index (χ1) is 6.66. The molecule has 0 unspecified atom stereocenters. The molecule has 0 heterocycles. The predicted molar refractivity (Wildman–Crippen MR) is 62.7 cm³/mol. The van der Waals surface area contributed by atoms with E-state index < -0.39 is 0 Å². The van der Waals surface area contributed by atoms with Crippen LogP contribution >= 0.6 is 12.4 Å². The molecule has 0 spiro atoms. The number of nitrogens with two attached hydrogens (primary N) is 1. The molecule has 1 aromatic carbocycles. The molecule has 0 bridgehead atoms. The standard InChI is InChI=1S/C12H16FN.ClH/c1-8-2-5-11(13)10(6-8)12(14)7-9-3-4-9;/h2,5-6,9,12H,3-4,7,14H2,1H3;1H/t12-;/m0./s1. The molecule has 0 radical (unpaired) electrons. The molecule has 1 atom stereocenters. The molecule has 1 aliphatic rings. The molecule has 3 heteroatoms. The SMILES string of the molecule is Cc1ccc(F)c([C@@H](N)CC2CC2)c1.Cl. The largest absolute Gasteiger partial charge is 0.324 e. The summed E-state index contributed by atoms with van der Waals surface area (Å²) in [6.07, 6.45) is 3.46. The van der Waals surface area contributed by atoms with Crippen LogP contribution < -0.4 is 5.73 Å². The van der Waals surface area contributed by atoms with Crippen molar-refractivity contribution in [1.29, 1.82) is 0 Å². The monoisotopic (exact) mass is 229 g/mol. The van der Waals surface area contributed by atoms with Crippen molar-refractivity contribution in [3.8, 4) is 0 Å². The lowest BCUT2D eigenvalue weighted by atomic mass is 10.00. The Morgan fingerprint density at radius 2 is 2.13 bits per heavy atom. The van der Waals surface area contributed by atoms with Gasteiger partial charge in [0.1, 0.15) is 5.82 Å². The number of hydrogen-bond acceptors (Lipinski definition) is 1. The number of hydrogen-bond donors (Lipinski definition) is 1. The Hall–Kier alpha value is -0.600. The Morgan fingerprint density at radius 1 is 1.47 bits per heavy atom. The summed E-state index contributed by atoms with van der Waals surface area (Å²) in [6.45, 7) is 1.97. The summed E-state index contributed by atoms with van der Waals surface area (Å²) >= 11 is 0. The van der Waals surface area contributed by atoms with E-state index in [9.17, 15) is 4.39 Å². The van der Waals surface area contributed by atoms with E-state index >= 15 is 0 Å². The van der Waals surface area contributed by atoms with Crippen molar-refractivity contribution in [3.05, 3.63) is 35.1 Å². The Kier molecular flexibility index (Phi) is 4.12. The van der Waals surface area contributed by atoms with Crippen LogP contribution in [0.5, 0.6) is 0 Å². The second-order valence-corrected chi connectivity index (χ2v) is 4.31. The smallest absolute Gasteiger partial charge is 0.127 e. The third-order valence-electron chi connectivity index (χ3n) is 2.84. The minimum atomic E-state index is -0.163. The van der Waals surface area contributed by atoms with Gasteiger partial charge in [-0.05, 0) is 25.3 Å². The fraction of sp³-hybridized carbons (Fsp3) is 0.500. The maximum absolute atomic E-state index is 13.4. The van der Waals surface area contributed by atoms with Crippen LogP contribution in [0.15, 0.2) is 18.2 Å². The molecule has 0 amide bonds. The molecular weight excluding hydrogens is 213 g/mol. The van der Waals surface area contributed by atoms with Gasteiger partial charge in [-0.1, -0.05) is 30.5 Å². The maximum Gasteiger partial charge on any atom is 0.127 e. The van der Waals surface area contributed by atoms with Crippen molar-refractivity contribution in [2.75, 3.05) is 0 Å². The van der Waals surface area contributed by atoms with Crippen LogP contribution in [-0.4, -0.2) is 0 Å². The molecule has 1 nitrogen and oxygen atoms in total. The van der Waals surface area contributed by atoms with Gasteiger partial charge >= 0.3 is 0 Å². The van der Waals surface area contributed by atoms with Gasteiger partial charge in [0, 0.05) is 11.6 Å². The first kappa shape index (κ1) is 12.5. The van der Waals surface area contributed by atoms with Crippen molar-refractivity contribution >= 4 is 12.4 Å².